The molecule has 2 heteroatoms. The maximum atomic E-state index is 10.0. The van der Waals surface area contributed by atoms with Crippen molar-refractivity contribution < 1.29 is 9.84 Å². The maximum absolute atomic E-state index is 10.0. The monoisotopic (exact) mass is 222 g/mol. The van der Waals surface area contributed by atoms with E-state index >= 15 is 0 Å². The highest BCUT2D eigenvalue weighted by molar-refractivity contribution is 5.32. The molecule has 0 saturated heterocycles. The van der Waals surface area contributed by atoms with Crippen molar-refractivity contribution in [2.75, 3.05) is 13.2 Å². The quantitative estimate of drug-likeness (QED) is 0.749. The first-order valence-electron chi connectivity index (χ1n) is 5.98. The van der Waals surface area contributed by atoms with Crippen LogP contribution in [-0.4, -0.2) is 18.3 Å². The summed E-state index contributed by atoms with van der Waals surface area (Å²) in [5.41, 5.74) is 3.28. The molecule has 16 heavy (non-hydrogen) atoms. The average molecular weight is 222 g/mol. The predicted octanol–water partition coefficient (Wildman–Crippen LogP) is 3.15. The van der Waals surface area contributed by atoms with E-state index in [9.17, 15) is 5.11 Å². The first-order valence-corrected chi connectivity index (χ1v) is 5.98. The molecule has 0 heterocycles. The first kappa shape index (κ1) is 13.2. The van der Waals surface area contributed by atoms with E-state index in [1.54, 1.807) is 0 Å². The molecule has 1 aromatic carbocycles. The summed E-state index contributed by atoms with van der Waals surface area (Å²) in [5, 5.41) is 10.0. The van der Waals surface area contributed by atoms with Gasteiger partial charge in [0.2, 0.25) is 0 Å². The highest BCUT2D eigenvalue weighted by Crippen LogP contribution is 2.19. The molecule has 0 aliphatic rings. The van der Waals surface area contributed by atoms with E-state index in [0.29, 0.717) is 6.61 Å². The summed E-state index contributed by atoms with van der Waals surface area (Å²) in [6.45, 7) is 7.31. The summed E-state index contributed by atoms with van der Waals surface area (Å²) in [6.07, 6.45) is 1.68. The summed E-state index contributed by atoms with van der Waals surface area (Å²) in [5.74, 6) is 0. The lowest BCUT2D eigenvalue weighted by Gasteiger charge is -2.14. The molecule has 0 bridgehead atoms. The summed E-state index contributed by atoms with van der Waals surface area (Å²) in [4.78, 5) is 0. The van der Waals surface area contributed by atoms with Gasteiger partial charge in [-0.2, -0.15) is 0 Å². The molecule has 0 aliphatic carbocycles. The van der Waals surface area contributed by atoms with Crippen molar-refractivity contribution in [1.29, 1.82) is 0 Å². The third-order valence-corrected chi connectivity index (χ3v) is 2.71. The van der Waals surface area contributed by atoms with Crippen LogP contribution in [0.1, 0.15) is 42.6 Å². The van der Waals surface area contributed by atoms with Crippen molar-refractivity contribution in [2.24, 2.45) is 0 Å². The lowest BCUT2D eigenvalue weighted by molar-refractivity contribution is 0.0346. The van der Waals surface area contributed by atoms with Crippen LogP contribution in [0.15, 0.2) is 18.2 Å². The number of hydrogen-bond acceptors (Lipinski definition) is 2. The van der Waals surface area contributed by atoms with Gasteiger partial charge in [-0.1, -0.05) is 37.1 Å². The van der Waals surface area contributed by atoms with Gasteiger partial charge in [-0.05, 0) is 31.4 Å². The summed E-state index contributed by atoms with van der Waals surface area (Å²) < 4.78 is 5.44. The number of ether oxygens (including phenoxy) is 1. The van der Waals surface area contributed by atoms with E-state index in [-0.39, 0.29) is 0 Å². The third-order valence-electron chi connectivity index (χ3n) is 2.71. The smallest absolute Gasteiger partial charge is 0.103 e. The second kappa shape index (κ2) is 6.66. The van der Waals surface area contributed by atoms with Crippen LogP contribution < -0.4 is 0 Å². The predicted molar refractivity (Wildman–Crippen MR) is 66.6 cm³/mol. The molecular formula is C14H22O2. The molecule has 1 atom stereocenters. The van der Waals surface area contributed by atoms with Crippen LogP contribution in [0.4, 0.5) is 0 Å². The molecule has 90 valence electrons. The van der Waals surface area contributed by atoms with Gasteiger partial charge < -0.3 is 9.84 Å². The number of aliphatic hydroxyl groups is 1. The Morgan fingerprint density at radius 1 is 1.31 bits per heavy atom. The van der Waals surface area contributed by atoms with Gasteiger partial charge in [0.1, 0.15) is 6.10 Å². The normalized spacial score (nSPS) is 12.8. The minimum Gasteiger partial charge on any atom is -0.386 e. The number of aliphatic hydroxyl groups excluding tert-OH is 1. The Kier molecular flexibility index (Phi) is 5.50. The molecule has 2 nitrogen and oxygen atoms in total. The molecule has 1 unspecified atom stereocenters. The number of unbranched alkanes of at least 4 members (excludes halogenated alkanes) is 1. The van der Waals surface area contributed by atoms with Gasteiger partial charge in [-0.15, -0.1) is 0 Å². The number of benzene rings is 1. The van der Waals surface area contributed by atoms with Crippen LogP contribution in [0.2, 0.25) is 0 Å². The Morgan fingerprint density at radius 2 is 2.06 bits per heavy atom. The highest BCUT2D eigenvalue weighted by Gasteiger charge is 2.10. The van der Waals surface area contributed by atoms with Crippen molar-refractivity contribution >= 4 is 0 Å². The fourth-order valence-electron chi connectivity index (χ4n) is 1.65. The van der Waals surface area contributed by atoms with Gasteiger partial charge in [-0.25, -0.2) is 0 Å². The Balaban J connectivity index is 2.51. The van der Waals surface area contributed by atoms with Crippen molar-refractivity contribution in [3.8, 4) is 0 Å². The van der Waals surface area contributed by atoms with Gasteiger partial charge in [0.05, 0.1) is 6.61 Å². The van der Waals surface area contributed by atoms with Gasteiger partial charge in [0.15, 0.2) is 0 Å². The van der Waals surface area contributed by atoms with Crippen molar-refractivity contribution in [3.05, 3.63) is 34.9 Å². The van der Waals surface area contributed by atoms with Crippen molar-refractivity contribution in [3.63, 3.8) is 0 Å². The van der Waals surface area contributed by atoms with Crippen LogP contribution in [0.3, 0.4) is 0 Å². The van der Waals surface area contributed by atoms with E-state index in [4.69, 9.17) is 4.74 Å². The molecule has 0 radical (unpaired) electrons. The first-order chi connectivity index (χ1) is 7.65. The van der Waals surface area contributed by atoms with Gasteiger partial charge in [0.25, 0.3) is 0 Å². The van der Waals surface area contributed by atoms with Gasteiger partial charge in [-0.3, -0.25) is 0 Å². The van der Waals surface area contributed by atoms with Gasteiger partial charge >= 0.3 is 0 Å². The molecule has 1 N–H and O–H groups in total. The number of rotatable bonds is 6. The highest BCUT2D eigenvalue weighted by atomic mass is 16.5. The molecule has 1 aromatic rings. The standard InChI is InChI=1S/C14H22O2/c1-4-5-8-16-10-14(15)13-9-11(2)6-7-12(13)3/h6-7,9,14-15H,4-5,8,10H2,1-3H3. The lowest BCUT2D eigenvalue weighted by atomic mass is 10.0. The largest absolute Gasteiger partial charge is 0.386 e. The van der Waals surface area contributed by atoms with Crippen LogP contribution >= 0.6 is 0 Å². The number of aryl methyl sites for hydroxylation is 2. The zero-order valence-corrected chi connectivity index (χ0v) is 10.5. The van der Waals surface area contributed by atoms with E-state index in [1.807, 2.05) is 26.0 Å². The minimum atomic E-state index is -0.503. The van der Waals surface area contributed by atoms with Crippen molar-refractivity contribution in [1.82, 2.24) is 0 Å². The van der Waals surface area contributed by atoms with E-state index in [2.05, 4.69) is 13.0 Å². The minimum absolute atomic E-state index is 0.393. The summed E-state index contributed by atoms with van der Waals surface area (Å²) >= 11 is 0. The molecule has 0 amide bonds. The number of hydrogen-bond donors (Lipinski definition) is 1. The van der Waals surface area contributed by atoms with E-state index < -0.39 is 6.10 Å². The molecule has 0 fully saturated rings. The van der Waals surface area contributed by atoms with Crippen LogP contribution in [0.5, 0.6) is 0 Å². The molecule has 0 aliphatic heterocycles. The Bertz CT molecular complexity index is 321. The molecular weight excluding hydrogens is 200 g/mol. The van der Waals surface area contributed by atoms with Crippen LogP contribution in [-0.2, 0) is 4.74 Å². The fourth-order valence-corrected chi connectivity index (χ4v) is 1.65. The SMILES string of the molecule is CCCCOCC(O)c1cc(C)ccc1C. The Morgan fingerprint density at radius 3 is 2.75 bits per heavy atom. The summed E-state index contributed by atoms with van der Waals surface area (Å²) in [6, 6.07) is 6.13. The zero-order valence-electron chi connectivity index (χ0n) is 10.5. The average Bonchev–Trinajstić information content (AvgIpc) is 2.27. The maximum Gasteiger partial charge on any atom is 0.103 e. The van der Waals surface area contributed by atoms with Gasteiger partial charge in [0, 0.05) is 6.61 Å². The topological polar surface area (TPSA) is 29.5 Å². The molecule has 0 spiro atoms. The zero-order chi connectivity index (χ0) is 12.0. The van der Waals surface area contributed by atoms with E-state index in [1.165, 1.54) is 5.56 Å². The lowest BCUT2D eigenvalue weighted by Crippen LogP contribution is -2.09. The van der Waals surface area contributed by atoms with Crippen LogP contribution in [0, 0.1) is 13.8 Å². The van der Waals surface area contributed by atoms with Crippen molar-refractivity contribution in [2.45, 2.75) is 39.7 Å². The third kappa shape index (κ3) is 3.95. The second-order valence-corrected chi connectivity index (χ2v) is 4.30. The summed E-state index contributed by atoms with van der Waals surface area (Å²) in [7, 11) is 0. The molecule has 0 saturated carbocycles. The van der Waals surface area contributed by atoms with Crippen LogP contribution in [0.25, 0.3) is 0 Å². The molecule has 0 aromatic heterocycles. The Labute approximate surface area is 98.3 Å². The molecule has 1 rings (SSSR count). The Hall–Kier alpha value is -0.860. The second-order valence-electron chi connectivity index (χ2n) is 4.30. The fraction of sp³-hybridized carbons (Fsp3) is 0.571. The van der Waals surface area contributed by atoms with E-state index in [0.717, 1.165) is 30.6 Å².